The summed E-state index contributed by atoms with van der Waals surface area (Å²) in [6.07, 6.45) is 5.54. The van der Waals surface area contributed by atoms with Crippen molar-refractivity contribution in [3.63, 3.8) is 0 Å². The lowest BCUT2D eigenvalue weighted by Gasteiger charge is -2.30. The standard InChI is InChI=1S/C16H33N3O2/c1-13(2)18-16(3,15(17)20)9-5-6-10-19(11-12-21-4)14-7-8-14/h13-14,18H,5-12H2,1-4H3,(H2,17,20). The molecule has 0 heterocycles. The first-order chi connectivity index (χ1) is 9.89. The van der Waals surface area contributed by atoms with Crippen molar-refractivity contribution in [3.05, 3.63) is 0 Å². The summed E-state index contributed by atoms with van der Waals surface area (Å²) in [5.74, 6) is -0.255. The Hall–Kier alpha value is -0.650. The second-order valence-electron chi connectivity index (χ2n) is 6.71. The molecule has 5 heteroatoms. The fraction of sp³-hybridized carbons (Fsp3) is 0.938. The summed E-state index contributed by atoms with van der Waals surface area (Å²) in [5.41, 5.74) is 4.96. The van der Waals surface area contributed by atoms with Crippen LogP contribution in [0.1, 0.15) is 52.9 Å². The van der Waals surface area contributed by atoms with E-state index in [-0.39, 0.29) is 11.9 Å². The summed E-state index contributed by atoms with van der Waals surface area (Å²) in [4.78, 5) is 14.2. The van der Waals surface area contributed by atoms with Crippen LogP contribution in [0.4, 0.5) is 0 Å². The molecule has 0 aromatic carbocycles. The number of carbonyl (C=O) groups excluding carboxylic acids is 1. The van der Waals surface area contributed by atoms with Crippen molar-refractivity contribution in [2.45, 2.75) is 70.5 Å². The third-order valence-corrected chi connectivity index (χ3v) is 4.17. The molecule has 0 saturated heterocycles. The first-order valence-corrected chi connectivity index (χ1v) is 8.19. The van der Waals surface area contributed by atoms with Crippen molar-refractivity contribution in [2.24, 2.45) is 5.73 Å². The fourth-order valence-electron chi connectivity index (χ4n) is 2.82. The van der Waals surface area contributed by atoms with Gasteiger partial charge in [0.05, 0.1) is 12.1 Å². The monoisotopic (exact) mass is 299 g/mol. The molecular weight excluding hydrogens is 266 g/mol. The van der Waals surface area contributed by atoms with E-state index in [2.05, 4.69) is 10.2 Å². The van der Waals surface area contributed by atoms with Crippen molar-refractivity contribution >= 4 is 5.91 Å². The number of unbranched alkanes of at least 4 members (excludes halogenated alkanes) is 1. The Balaban J connectivity index is 2.31. The molecule has 1 rings (SSSR count). The van der Waals surface area contributed by atoms with Crippen LogP contribution in [0, 0.1) is 0 Å². The van der Waals surface area contributed by atoms with Crippen LogP contribution >= 0.6 is 0 Å². The average molecular weight is 299 g/mol. The zero-order chi connectivity index (χ0) is 15.9. The smallest absolute Gasteiger partial charge is 0.237 e. The van der Waals surface area contributed by atoms with E-state index in [0.717, 1.165) is 45.0 Å². The van der Waals surface area contributed by atoms with Crippen molar-refractivity contribution in [1.82, 2.24) is 10.2 Å². The summed E-state index contributed by atoms with van der Waals surface area (Å²) in [5, 5.41) is 3.31. The van der Waals surface area contributed by atoms with Gasteiger partial charge in [-0.15, -0.1) is 0 Å². The minimum absolute atomic E-state index is 0.255. The van der Waals surface area contributed by atoms with Gasteiger partial charge in [0, 0.05) is 25.7 Å². The first-order valence-electron chi connectivity index (χ1n) is 8.19. The third-order valence-electron chi connectivity index (χ3n) is 4.17. The number of amides is 1. The van der Waals surface area contributed by atoms with Gasteiger partial charge in [0.15, 0.2) is 0 Å². The fourth-order valence-corrected chi connectivity index (χ4v) is 2.82. The lowest BCUT2D eigenvalue weighted by Crippen LogP contribution is -2.55. The van der Waals surface area contributed by atoms with Crippen molar-refractivity contribution < 1.29 is 9.53 Å². The van der Waals surface area contributed by atoms with Crippen LogP contribution in [0.5, 0.6) is 0 Å². The second kappa shape index (κ2) is 8.71. The van der Waals surface area contributed by atoms with Gasteiger partial charge in [-0.3, -0.25) is 9.69 Å². The zero-order valence-corrected chi connectivity index (χ0v) is 14.2. The van der Waals surface area contributed by atoms with Crippen LogP contribution < -0.4 is 11.1 Å². The molecule has 5 nitrogen and oxygen atoms in total. The van der Waals surface area contributed by atoms with Crippen LogP contribution in [0.2, 0.25) is 0 Å². The Morgan fingerprint density at radius 2 is 2.05 bits per heavy atom. The van der Waals surface area contributed by atoms with Gasteiger partial charge >= 0.3 is 0 Å². The number of rotatable bonds is 12. The molecule has 1 unspecified atom stereocenters. The van der Waals surface area contributed by atoms with E-state index in [0.29, 0.717) is 0 Å². The lowest BCUT2D eigenvalue weighted by atomic mass is 9.93. The first kappa shape index (κ1) is 18.4. The Morgan fingerprint density at radius 3 is 2.52 bits per heavy atom. The SMILES string of the molecule is COCCN(CCCCC(C)(NC(C)C)C(N)=O)C1CC1. The number of nitrogens with zero attached hydrogens (tertiary/aromatic N) is 1. The van der Waals surface area contributed by atoms with Crippen LogP contribution in [0.25, 0.3) is 0 Å². The number of primary amides is 1. The molecule has 1 aliphatic rings. The molecule has 0 aromatic heterocycles. The van der Waals surface area contributed by atoms with Gasteiger partial charge in [-0.1, -0.05) is 0 Å². The highest BCUT2D eigenvalue weighted by atomic mass is 16.5. The molecular formula is C16H33N3O2. The maximum atomic E-state index is 11.7. The van der Waals surface area contributed by atoms with Gasteiger partial charge in [0.25, 0.3) is 0 Å². The summed E-state index contributed by atoms with van der Waals surface area (Å²) < 4.78 is 5.17. The third kappa shape index (κ3) is 6.76. The molecule has 3 N–H and O–H groups in total. The van der Waals surface area contributed by atoms with Gasteiger partial charge in [-0.2, -0.15) is 0 Å². The van der Waals surface area contributed by atoms with E-state index < -0.39 is 5.54 Å². The second-order valence-corrected chi connectivity index (χ2v) is 6.71. The number of nitrogens with one attached hydrogen (secondary N) is 1. The van der Waals surface area contributed by atoms with Crippen molar-refractivity contribution in [1.29, 1.82) is 0 Å². The molecule has 0 aromatic rings. The van der Waals surface area contributed by atoms with Gasteiger partial charge in [-0.05, 0) is 59.4 Å². The molecule has 0 aliphatic heterocycles. The molecule has 1 atom stereocenters. The summed E-state index contributed by atoms with van der Waals surface area (Å²) in [6, 6.07) is 1.02. The maximum Gasteiger partial charge on any atom is 0.237 e. The van der Waals surface area contributed by atoms with E-state index in [4.69, 9.17) is 10.5 Å². The zero-order valence-electron chi connectivity index (χ0n) is 14.2. The van der Waals surface area contributed by atoms with E-state index in [9.17, 15) is 4.79 Å². The number of nitrogens with two attached hydrogens (primary N) is 1. The molecule has 1 amide bonds. The van der Waals surface area contributed by atoms with Crippen molar-refractivity contribution in [2.75, 3.05) is 26.8 Å². The van der Waals surface area contributed by atoms with Crippen LogP contribution in [-0.2, 0) is 9.53 Å². The highest BCUT2D eigenvalue weighted by molar-refractivity contribution is 5.84. The minimum Gasteiger partial charge on any atom is -0.383 e. The number of hydrogen-bond acceptors (Lipinski definition) is 4. The number of hydrogen-bond donors (Lipinski definition) is 2. The molecule has 1 fully saturated rings. The van der Waals surface area contributed by atoms with E-state index >= 15 is 0 Å². The normalized spacial score (nSPS) is 18.2. The molecule has 1 saturated carbocycles. The molecule has 0 spiro atoms. The molecule has 1 aliphatic carbocycles. The van der Waals surface area contributed by atoms with Gasteiger partial charge in [-0.25, -0.2) is 0 Å². The van der Waals surface area contributed by atoms with Gasteiger partial charge in [0.1, 0.15) is 0 Å². The quantitative estimate of drug-likeness (QED) is 0.536. The Kier molecular flexibility index (Phi) is 7.63. The highest BCUT2D eigenvalue weighted by Gasteiger charge is 2.31. The lowest BCUT2D eigenvalue weighted by molar-refractivity contribution is -0.124. The maximum absolute atomic E-state index is 11.7. The molecule has 0 bridgehead atoms. The van der Waals surface area contributed by atoms with Crippen LogP contribution in [-0.4, -0.2) is 55.2 Å². The molecule has 124 valence electrons. The average Bonchev–Trinajstić information content (AvgIpc) is 3.21. The van der Waals surface area contributed by atoms with Crippen molar-refractivity contribution in [3.8, 4) is 0 Å². The predicted octanol–water partition coefficient (Wildman–Crippen LogP) is 1.51. The Labute approximate surface area is 129 Å². The van der Waals surface area contributed by atoms with Gasteiger partial charge < -0.3 is 15.8 Å². The predicted molar refractivity (Wildman–Crippen MR) is 86.2 cm³/mol. The van der Waals surface area contributed by atoms with E-state index in [1.54, 1.807) is 7.11 Å². The Morgan fingerprint density at radius 1 is 1.38 bits per heavy atom. The highest BCUT2D eigenvalue weighted by Crippen LogP contribution is 2.27. The molecule has 0 radical (unpaired) electrons. The van der Waals surface area contributed by atoms with Gasteiger partial charge in [0.2, 0.25) is 5.91 Å². The van der Waals surface area contributed by atoms with E-state index in [1.807, 2.05) is 20.8 Å². The topological polar surface area (TPSA) is 67.6 Å². The minimum atomic E-state index is -0.592. The molecule has 21 heavy (non-hydrogen) atoms. The largest absolute Gasteiger partial charge is 0.383 e. The number of methoxy groups -OCH3 is 1. The summed E-state index contributed by atoms with van der Waals surface area (Å²) in [6.45, 7) is 8.90. The number of ether oxygens (including phenoxy) is 1. The summed E-state index contributed by atoms with van der Waals surface area (Å²) >= 11 is 0. The van der Waals surface area contributed by atoms with E-state index in [1.165, 1.54) is 12.8 Å². The van der Waals surface area contributed by atoms with Crippen LogP contribution in [0.15, 0.2) is 0 Å². The number of carbonyl (C=O) groups is 1. The van der Waals surface area contributed by atoms with Crippen LogP contribution in [0.3, 0.4) is 0 Å². The summed E-state index contributed by atoms with van der Waals surface area (Å²) in [7, 11) is 1.75. The Bertz CT molecular complexity index is 319.